The zero-order valence-electron chi connectivity index (χ0n) is 29.1. The molecule has 0 spiro atoms. The predicted molar refractivity (Wildman–Crippen MR) is 174 cm³/mol. The molecule has 2 aliphatic rings. The zero-order valence-corrected chi connectivity index (χ0v) is 29.1. The number of cyclic esters (lactones) is 1. The van der Waals surface area contributed by atoms with Crippen LogP contribution >= 0.6 is 0 Å². The normalized spacial score (nSPS) is 37.0. The van der Waals surface area contributed by atoms with Crippen molar-refractivity contribution in [1.29, 1.82) is 0 Å². The first-order chi connectivity index (χ1) is 20.5. The molecule has 1 fully saturated rings. The van der Waals surface area contributed by atoms with Gasteiger partial charge in [-0.2, -0.15) is 0 Å². The third-order valence-electron chi connectivity index (χ3n) is 9.80. The van der Waals surface area contributed by atoms with Crippen molar-refractivity contribution in [3.05, 3.63) is 47.1 Å². The van der Waals surface area contributed by atoms with Gasteiger partial charge in [0.15, 0.2) is 5.79 Å². The molecule has 0 saturated carbocycles. The molecule has 0 aromatic carbocycles. The lowest BCUT2D eigenvalue weighted by Gasteiger charge is -2.51. The number of carbonyl (C=O) groups excluding carboxylic acids is 1. The lowest BCUT2D eigenvalue weighted by molar-refractivity contribution is -0.338. The average Bonchev–Trinajstić information content (AvgIpc) is 2.97. The van der Waals surface area contributed by atoms with Crippen LogP contribution in [-0.4, -0.2) is 77.9 Å². The van der Waals surface area contributed by atoms with Crippen LogP contribution in [0.3, 0.4) is 0 Å². The maximum absolute atomic E-state index is 13.5. The molecule has 0 bridgehead atoms. The van der Waals surface area contributed by atoms with E-state index in [1.54, 1.807) is 27.2 Å². The Morgan fingerprint density at radius 2 is 1.66 bits per heavy atom. The van der Waals surface area contributed by atoms with Crippen LogP contribution in [0.4, 0.5) is 0 Å². The van der Waals surface area contributed by atoms with Gasteiger partial charge in [-0.25, -0.2) is 4.79 Å². The molecule has 252 valence electrons. The van der Waals surface area contributed by atoms with Crippen LogP contribution in [0.5, 0.6) is 0 Å². The molecule has 0 unspecified atom stereocenters. The van der Waals surface area contributed by atoms with Crippen LogP contribution in [0.1, 0.15) is 82.1 Å². The molecule has 2 aliphatic heterocycles. The maximum Gasteiger partial charge on any atom is 0.334 e. The van der Waals surface area contributed by atoms with Crippen LogP contribution < -0.4 is 0 Å². The maximum atomic E-state index is 13.5. The van der Waals surface area contributed by atoms with E-state index in [1.807, 2.05) is 86.6 Å². The van der Waals surface area contributed by atoms with Crippen LogP contribution in [-0.2, 0) is 23.7 Å². The van der Waals surface area contributed by atoms with Gasteiger partial charge in [-0.3, -0.25) is 0 Å². The Hall–Kier alpha value is -1.81. The zero-order chi connectivity index (χ0) is 33.5. The highest BCUT2D eigenvalue weighted by atomic mass is 16.7. The highest BCUT2D eigenvalue weighted by Gasteiger charge is 2.53. The molecule has 0 aromatic rings. The van der Waals surface area contributed by atoms with Gasteiger partial charge in [-0.15, -0.1) is 0 Å². The van der Waals surface area contributed by atoms with E-state index in [2.05, 4.69) is 0 Å². The van der Waals surface area contributed by atoms with Crippen molar-refractivity contribution in [2.75, 3.05) is 14.2 Å². The molecule has 0 amide bonds. The van der Waals surface area contributed by atoms with Gasteiger partial charge in [0, 0.05) is 49.9 Å². The van der Waals surface area contributed by atoms with Crippen molar-refractivity contribution in [1.82, 2.24) is 0 Å². The Labute approximate surface area is 266 Å². The lowest BCUT2D eigenvalue weighted by Crippen LogP contribution is -2.60. The summed E-state index contributed by atoms with van der Waals surface area (Å²) in [5, 5.41) is 33.8. The van der Waals surface area contributed by atoms with Gasteiger partial charge in [0.05, 0.1) is 24.4 Å². The van der Waals surface area contributed by atoms with Crippen LogP contribution in [0.15, 0.2) is 47.1 Å². The number of methoxy groups -OCH3 is 2. The molecule has 2 rings (SSSR count). The standard InChI is InChI=1S/C36H60O8/c1-20(2)33-26(8)29(37)19-36(42-12,44-33)28(10)32(39)27(9)34-30(41-11)15-13-14-21(3)16-23(5)31(38)24(6)17-22(4)18-25(7)35(40)43-34/h13-15,17-18,20,23-24,26-34,37-39H,16,19H2,1-12H3/t23-,24+,26-,27-,28-,29+,30-,31-,32+,33+,34+,36+/m0/s1. The first-order valence-corrected chi connectivity index (χ1v) is 16.2. The van der Waals surface area contributed by atoms with Gasteiger partial charge in [-0.1, -0.05) is 83.9 Å². The van der Waals surface area contributed by atoms with Gasteiger partial charge >= 0.3 is 5.97 Å². The van der Waals surface area contributed by atoms with Crippen molar-refractivity contribution in [3.8, 4) is 0 Å². The Kier molecular flexibility index (Phi) is 14.5. The Balaban J connectivity index is 2.52. The molecule has 8 heteroatoms. The number of ether oxygens (including phenoxy) is 4. The molecule has 0 aliphatic carbocycles. The number of esters is 1. The summed E-state index contributed by atoms with van der Waals surface area (Å²) in [4.78, 5) is 13.5. The Morgan fingerprint density at radius 1 is 1.02 bits per heavy atom. The lowest BCUT2D eigenvalue weighted by atomic mass is 9.76. The topological polar surface area (TPSA) is 115 Å². The van der Waals surface area contributed by atoms with Crippen molar-refractivity contribution in [3.63, 3.8) is 0 Å². The number of allylic oxidation sites excluding steroid dienone is 5. The first-order valence-electron chi connectivity index (χ1n) is 16.2. The summed E-state index contributed by atoms with van der Waals surface area (Å²) in [5.41, 5.74) is 2.34. The summed E-state index contributed by atoms with van der Waals surface area (Å²) >= 11 is 0. The van der Waals surface area contributed by atoms with Crippen molar-refractivity contribution in [2.24, 2.45) is 35.5 Å². The Morgan fingerprint density at radius 3 is 2.23 bits per heavy atom. The van der Waals surface area contributed by atoms with Crippen LogP contribution in [0.25, 0.3) is 0 Å². The average molecular weight is 621 g/mol. The molecule has 0 aromatic heterocycles. The van der Waals surface area contributed by atoms with Gasteiger partial charge in [-0.05, 0) is 45.1 Å². The van der Waals surface area contributed by atoms with Crippen molar-refractivity contribution >= 4 is 5.97 Å². The molecular weight excluding hydrogens is 560 g/mol. The fourth-order valence-corrected chi connectivity index (χ4v) is 6.86. The number of carbonyl (C=O) groups is 1. The molecule has 0 radical (unpaired) electrons. The minimum absolute atomic E-state index is 0.0381. The summed E-state index contributed by atoms with van der Waals surface area (Å²) in [6, 6.07) is 0. The van der Waals surface area contributed by atoms with Gasteiger partial charge in [0.2, 0.25) is 0 Å². The predicted octanol–water partition coefficient (Wildman–Crippen LogP) is 5.76. The van der Waals surface area contributed by atoms with Gasteiger partial charge < -0.3 is 34.3 Å². The molecule has 3 N–H and O–H groups in total. The van der Waals surface area contributed by atoms with Crippen LogP contribution in [0.2, 0.25) is 0 Å². The third-order valence-corrected chi connectivity index (χ3v) is 9.80. The van der Waals surface area contributed by atoms with E-state index in [1.165, 1.54) is 0 Å². The fourth-order valence-electron chi connectivity index (χ4n) is 6.86. The molecule has 2 heterocycles. The molecule has 12 atom stereocenters. The smallest absolute Gasteiger partial charge is 0.334 e. The van der Waals surface area contributed by atoms with E-state index < -0.39 is 54.1 Å². The van der Waals surface area contributed by atoms with E-state index in [9.17, 15) is 20.1 Å². The highest BCUT2D eigenvalue weighted by molar-refractivity contribution is 5.88. The van der Waals surface area contributed by atoms with Crippen LogP contribution in [0, 0.1) is 35.5 Å². The Bertz CT molecular complexity index is 1060. The van der Waals surface area contributed by atoms with Gasteiger partial charge in [0.25, 0.3) is 0 Å². The monoisotopic (exact) mass is 620 g/mol. The van der Waals surface area contributed by atoms with E-state index in [0.29, 0.717) is 5.57 Å². The van der Waals surface area contributed by atoms with E-state index >= 15 is 0 Å². The summed E-state index contributed by atoms with van der Waals surface area (Å²) < 4.78 is 24.5. The minimum Gasteiger partial charge on any atom is -0.456 e. The second-order valence-electron chi connectivity index (χ2n) is 13.8. The second kappa shape index (κ2) is 16.7. The molecule has 44 heavy (non-hydrogen) atoms. The van der Waals surface area contributed by atoms with E-state index in [0.717, 1.165) is 17.6 Å². The summed E-state index contributed by atoms with van der Waals surface area (Å²) in [6.45, 7) is 19.4. The number of hydrogen-bond donors (Lipinski definition) is 3. The second-order valence-corrected chi connectivity index (χ2v) is 13.8. The number of hydrogen-bond acceptors (Lipinski definition) is 8. The summed E-state index contributed by atoms with van der Waals surface area (Å²) in [5.74, 6) is -2.95. The van der Waals surface area contributed by atoms with E-state index in [4.69, 9.17) is 18.9 Å². The third kappa shape index (κ3) is 9.36. The number of aliphatic hydroxyl groups is 3. The first kappa shape index (κ1) is 38.4. The van der Waals surface area contributed by atoms with E-state index in [-0.39, 0.29) is 36.2 Å². The number of rotatable bonds is 7. The number of aliphatic hydroxyl groups excluding tert-OH is 3. The highest BCUT2D eigenvalue weighted by Crippen LogP contribution is 2.43. The largest absolute Gasteiger partial charge is 0.456 e. The van der Waals surface area contributed by atoms with Crippen molar-refractivity contribution < 1.29 is 39.1 Å². The summed E-state index contributed by atoms with van der Waals surface area (Å²) in [7, 11) is 3.09. The summed E-state index contributed by atoms with van der Waals surface area (Å²) in [6.07, 6.45) is 6.34. The SMILES string of the molecule is CO[C@H]1C=CC=C(C)C[C@H](C)[C@H](O)[C@H](C)C=C(C)C=C(C)C(=O)O[C@@H]1[C@@H](C)[C@@H](O)[C@H](C)[C@@]1(OC)C[C@@H](O)[C@H](C)[C@@H](C(C)C)O1. The fraction of sp³-hybridized carbons (Fsp3) is 0.750. The minimum atomic E-state index is -1.23. The molecular formula is C36H60O8. The van der Waals surface area contributed by atoms with Gasteiger partial charge in [0.1, 0.15) is 12.2 Å². The molecule has 8 nitrogen and oxygen atoms in total. The molecule has 1 saturated heterocycles. The quantitative estimate of drug-likeness (QED) is 0.308. The van der Waals surface area contributed by atoms with Crippen molar-refractivity contribution in [2.45, 2.75) is 124 Å².